The maximum absolute atomic E-state index is 12.9. The molecule has 2 rings (SSSR count). The average molecular weight is 345 g/mol. The molecule has 1 atom stereocenters. The van der Waals surface area contributed by atoms with Gasteiger partial charge in [0.05, 0.1) is 12.6 Å². The molecule has 0 aliphatic heterocycles. The van der Waals surface area contributed by atoms with E-state index in [1.54, 1.807) is 12.1 Å². The van der Waals surface area contributed by atoms with Gasteiger partial charge >= 0.3 is 0 Å². The van der Waals surface area contributed by atoms with Gasteiger partial charge in [-0.2, -0.15) is 0 Å². The Kier molecular flexibility index (Phi) is 6.62. The number of benzene rings is 2. The summed E-state index contributed by atoms with van der Waals surface area (Å²) in [5.74, 6) is 1.40. The summed E-state index contributed by atoms with van der Waals surface area (Å²) in [7, 11) is 0. The summed E-state index contributed by atoms with van der Waals surface area (Å²) in [6, 6.07) is 13.4. The second kappa shape index (κ2) is 8.92. The highest BCUT2D eigenvalue weighted by Crippen LogP contribution is 2.17. The molecule has 5 nitrogen and oxygen atoms in total. The predicted octanol–water partition coefficient (Wildman–Crippen LogP) is 3.81. The molecule has 2 aromatic carbocycles. The zero-order chi connectivity index (χ0) is 18.2. The van der Waals surface area contributed by atoms with Gasteiger partial charge in [0.1, 0.15) is 23.4 Å². The van der Waals surface area contributed by atoms with Crippen molar-refractivity contribution in [3.63, 3.8) is 0 Å². The molecule has 6 heteroatoms. The zero-order valence-corrected chi connectivity index (χ0v) is 14.7. The Labute approximate surface area is 147 Å². The lowest BCUT2D eigenvalue weighted by Gasteiger charge is -2.13. The van der Waals surface area contributed by atoms with Gasteiger partial charge in [-0.3, -0.25) is 0 Å². The maximum atomic E-state index is 12.9. The van der Waals surface area contributed by atoms with E-state index in [9.17, 15) is 4.39 Å². The fraction of sp³-hybridized carbons (Fsp3) is 0.316. The van der Waals surface area contributed by atoms with Crippen molar-refractivity contribution >= 4 is 11.6 Å². The number of anilines is 1. The summed E-state index contributed by atoms with van der Waals surface area (Å²) in [6.45, 7) is 6.21. The minimum absolute atomic E-state index is 0.132. The molecule has 0 heterocycles. The summed E-state index contributed by atoms with van der Waals surface area (Å²) < 4.78 is 24.1. The number of guanidine groups is 1. The number of aliphatic imine (C=N–C) groups is 1. The van der Waals surface area contributed by atoms with Gasteiger partial charge in [0.2, 0.25) is 0 Å². The molecule has 0 aliphatic carbocycles. The minimum Gasteiger partial charge on any atom is -0.491 e. The van der Waals surface area contributed by atoms with Gasteiger partial charge in [-0.1, -0.05) is 0 Å². The van der Waals surface area contributed by atoms with Crippen LogP contribution in [-0.4, -0.2) is 24.7 Å². The smallest absolute Gasteiger partial charge is 0.193 e. The van der Waals surface area contributed by atoms with E-state index in [0.29, 0.717) is 18.3 Å². The first-order chi connectivity index (χ1) is 11.9. The highest BCUT2D eigenvalue weighted by molar-refractivity contribution is 5.92. The molecule has 0 spiro atoms. The average Bonchev–Trinajstić information content (AvgIpc) is 2.56. The van der Waals surface area contributed by atoms with Crippen LogP contribution in [0.1, 0.15) is 20.8 Å². The first-order valence-corrected chi connectivity index (χ1v) is 8.18. The van der Waals surface area contributed by atoms with Crippen molar-refractivity contribution in [2.24, 2.45) is 10.7 Å². The number of nitrogens with two attached hydrogens (primary N) is 1. The molecule has 0 saturated carbocycles. The van der Waals surface area contributed by atoms with Crippen molar-refractivity contribution in [2.75, 3.05) is 11.9 Å². The molecule has 0 amide bonds. The Bertz CT molecular complexity index is 685. The van der Waals surface area contributed by atoms with Crippen LogP contribution in [0.4, 0.5) is 10.1 Å². The van der Waals surface area contributed by atoms with Crippen molar-refractivity contribution in [3.8, 4) is 11.5 Å². The Balaban J connectivity index is 1.83. The van der Waals surface area contributed by atoms with Crippen LogP contribution in [0.5, 0.6) is 11.5 Å². The molecule has 0 aliphatic rings. The molecule has 1 unspecified atom stereocenters. The topological polar surface area (TPSA) is 68.9 Å². The summed E-state index contributed by atoms with van der Waals surface area (Å²) in [5, 5.41) is 3.02. The van der Waals surface area contributed by atoms with Crippen molar-refractivity contribution in [2.45, 2.75) is 33.0 Å². The van der Waals surface area contributed by atoms with E-state index < -0.39 is 0 Å². The van der Waals surface area contributed by atoms with Crippen molar-refractivity contribution in [1.82, 2.24) is 0 Å². The fourth-order valence-electron chi connectivity index (χ4n) is 2.09. The van der Waals surface area contributed by atoms with Crippen LogP contribution in [0, 0.1) is 5.82 Å². The van der Waals surface area contributed by atoms with Crippen molar-refractivity contribution < 1.29 is 13.9 Å². The van der Waals surface area contributed by atoms with E-state index in [4.69, 9.17) is 15.2 Å². The number of hydrogen-bond acceptors (Lipinski definition) is 3. The second-order valence-electron chi connectivity index (χ2n) is 5.92. The molecule has 0 fully saturated rings. The van der Waals surface area contributed by atoms with Gasteiger partial charge in [-0.05, 0) is 69.3 Å². The number of halogens is 1. The normalized spacial score (nSPS) is 12.8. The molecule has 0 saturated heterocycles. The third-order valence-corrected chi connectivity index (χ3v) is 3.17. The molecule has 134 valence electrons. The maximum Gasteiger partial charge on any atom is 0.193 e. The third kappa shape index (κ3) is 6.71. The lowest BCUT2D eigenvalue weighted by molar-refractivity contribution is 0.230. The number of nitrogens with zero attached hydrogens (tertiary/aromatic N) is 1. The molecule has 0 aromatic heterocycles. The van der Waals surface area contributed by atoms with Gasteiger partial charge in [0, 0.05) is 5.69 Å². The molecule has 3 N–H and O–H groups in total. The van der Waals surface area contributed by atoms with Crippen molar-refractivity contribution in [1.29, 1.82) is 0 Å². The van der Waals surface area contributed by atoms with E-state index in [0.717, 1.165) is 11.4 Å². The fourth-order valence-corrected chi connectivity index (χ4v) is 2.09. The highest BCUT2D eigenvalue weighted by Gasteiger charge is 2.04. The second-order valence-corrected chi connectivity index (χ2v) is 5.92. The van der Waals surface area contributed by atoms with Gasteiger partial charge in [0.15, 0.2) is 5.96 Å². The van der Waals surface area contributed by atoms with Crippen LogP contribution in [0.2, 0.25) is 0 Å². The third-order valence-electron chi connectivity index (χ3n) is 3.17. The minimum atomic E-state index is -0.295. The quantitative estimate of drug-likeness (QED) is 0.591. The van der Waals surface area contributed by atoms with Crippen LogP contribution in [-0.2, 0) is 0 Å². The van der Waals surface area contributed by atoms with Crippen LogP contribution >= 0.6 is 0 Å². The van der Waals surface area contributed by atoms with Crippen LogP contribution in [0.15, 0.2) is 53.5 Å². The highest BCUT2D eigenvalue weighted by atomic mass is 19.1. The van der Waals surface area contributed by atoms with Gasteiger partial charge in [0.25, 0.3) is 0 Å². The standard InChI is InChI=1S/C19H24FN3O2/c1-13(2)24-17-10-6-16(7-11-17)23-19(21)22-12-14(3)25-18-8-4-15(20)5-9-18/h4-11,13-14H,12H2,1-3H3,(H3,21,22,23). The number of hydrogen-bond donors (Lipinski definition) is 2. The van der Waals surface area contributed by atoms with E-state index in [1.165, 1.54) is 12.1 Å². The van der Waals surface area contributed by atoms with Crippen molar-refractivity contribution in [3.05, 3.63) is 54.3 Å². The van der Waals surface area contributed by atoms with E-state index in [1.807, 2.05) is 45.0 Å². The Morgan fingerprint density at radius 2 is 1.56 bits per heavy atom. The summed E-state index contributed by atoms with van der Waals surface area (Å²) in [5.41, 5.74) is 6.71. The van der Waals surface area contributed by atoms with Gasteiger partial charge < -0.3 is 20.5 Å². The first kappa shape index (κ1) is 18.6. The summed E-state index contributed by atoms with van der Waals surface area (Å²) in [6.07, 6.45) is -0.0549. The first-order valence-electron chi connectivity index (χ1n) is 8.18. The Hall–Kier alpha value is -2.76. The van der Waals surface area contributed by atoms with Crippen LogP contribution in [0.25, 0.3) is 0 Å². The Morgan fingerprint density at radius 3 is 2.16 bits per heavy atom. The summed E-state index contributed by atoms with van der Waals surface area (Å²) >= 11 is 0. The predicted molar refractivity (Wildman–Crippen MR) is 98.8 cm³/mol. The van der Waals surface area contributed by atoms with E-state index in [-0.39, 0.29) is 18.0 Å². The monoisotopic (exact) mass is 345 g/mol. The Morgan fingerprint density at radius 1 is 1.00 bits per heavy atom. The number of nitrogens with one attached hydrogen (secondary N) is 1. The summed E-state index contributed by atoms with van der Waals surface area (Å²) in [4.78, 5) is 4.26. The molecule has 25 heavy (non-hydrogen) atoms. The molecular weight excluding hydrogens is 321 g/mol. The lowest BCUT2D eigenvalue weighted by atomic mass is 10.3. The molecular formula is C19H24FN3O2. The van der Waals surface area contributed by atoms with E-state index in [2.05, 4.69) is 10.3 Å². The van der Waals surface area contributed by atoms with Crippen LogP contribution < -0.4 is 20.5 Å². The van der Waals surface area contributed by atoms with Gasteiger partial charge in [-0.15, -0.1) is 0 Å². The number of ether oxygens (including phenoxy) is 2. The molecule has 0 bridgehead atoms. The SMILES string of the molecule is CC(C)Oc1ccc(NC(N)=NCC(C)Oc2ccc(F)cc2)cc1. The largest absolute Gasteiger partial charge is 0.491 e. The zero-order valence-electron chi connectivity index (χ0n) is 14.7. The lowest BCUT2D eigenvalue weighted by Crippen LogP contribution is -2.25. The van der Waals surface area contributed by atoms with Crippen LogP contribution in [0.3, 0.4) is 0 Å². The van der Waals surface area contributed by atoms with E-state index >= 15 is 0 Å². The number of rotatable bonds is 7. The molecule has 2 aromatic rings. The molecule has 0 radical (unpaired) electrons. The van der Waals surface area contributed by atoms with Gasteiger partial charge in [-0.25, -0.2) is 9.38 Å².